The number of alkyl carbamates (subject to hydrolysis) is 1. The summed E-state index contributed by atoms with van der Waals surface area (Å²) in [7, 11) is 1.19. The van der Waals surface area contributed by atoms with E-state index in [4.69, 9.17) is 0 Å². The monoisotopic (exact) mass is 272 g/mol. The van der Waals surface area contributed by atoms with E-state index in [2.05, 4.69) is 20.7 Å². The molecular weight excluding hydrogens is 252 g/mol. The summed E-state index contributed by atoms with van der Waals surface area (Å²) >= 11 is 0. The van der Waals surface area contributed by atoms with E-state index in [0.717, 1.165) is 0 Å². The van der Waals surface area contributed by atoms with Crippen LogP contribution in [-0.4, -0.2) is 68.7 Å². The second-order valence-electron chi connectivity index (χ2n) is 4.12. The summed E-state index contributed by atoms with van der Waals surface area (Å²) in [5.74, 6) is -0.608. The molecule has 1 rings (SSSR count). The third kappa shape index (κ3) is 4.84. The Balaban J connectivity index is 2.54. The molecule has 0 spiro atoms. The van der Waals surface area contributed by atoms with Crippen LogP contribution in [0.2, 0.25) is 0 Å². The molecule has 0 aromatic rings. The van der Waals surface area contributed by atoms with E-state index in [1.54, 1.807) is 4.90 Å². The van der Waals surface area contributed by atoms with Crippen LogP contribution < -0.4 is 16.0 Å². The summed E-state index contributed by atoms with van der Waals surface area (Å²) < 4.78 is 4.34. The van der Waals surface area contributed by atoms with Gasteiger partial charge in [0, 0.05) is 26.2 Å². The average Bonchev–Trinajstić information content (AvgIpc) is 2.39. The molecule has 0 radical (unpaired) electrons. The zero-order valence-corrected chi connectivity index (χ0v) is 11.2. The van der Waals surface area contributed by atoms with E-state index in [9.17, 15) is 14.4 Å². The molecule has 1 aliphatic heterocycles. The Hall–Kier alpha value is -1.67. The van der Waals surface area contributed by atoms with Gasteiger partial charge in [-0.25, -0.2) is 4.79 Å². The van der Waals surface area contributed by atoms with Crippen molar-refractivity contribution in [1.82, 2.24) is 20.9 Å². The highest BCUT2D eigenvalue weighted by molar-refractivity contribution is 5.93. The van der Waals surface area contributed by atoms with Crippen molar-refractivity contribution in [2.75, 3.05) is 39.8 Å². The minimum atomic E-state index is -0.797. The van der Waals surface area contributed by atoms with Crippen LogP contribution in [0.4, 0.5) is 4.79 Å². The largest absolute Gasteiger partial charge is 0.453 e. The third-order valence-electron chi connectivity index (χ3n) is 2.78. The summed E-state index contributed by atoms with van der Waals surface area (Å²) in [5.41, 5.74) is 0. The summed E-state index contributed by atoms with van der Waals surface area (Å²) in [5, 5.41) is 7.90. The fourth-order valence-electron chi connectivity index (χ4n) is 1.88. The smallest absolute Gasteiger partial charge is 0.413 e. The van der Waals surface area contributed by atoms with Crippen LogP contribution in [0.3, 0.4) is 0 Å². The van der Waals surface area contributed by atoms with Crippen molar-refractivity contribution in [3.8, 4) is 0 Å². The lowest BCUT2D eigenvalue weighted by molar-refractivity contribution is -0.129. The number of hydrogen-bond acceptors (Lipinski definition) is 6. The first-order valence-electron chi connectivity index (χ1n) is 6.18. The van der Waals surface area contributed by atoms with Gasteiger partial charge in [-0.15, -0.1) is 0 Å². The number of likely N-dealkylation sites (N-methyl/N-ethyl adjacent to an activating group) is 1. The zero-order valence-electron chi connectivity index (χ0n) is 11.2. The number of ether oxygens (including phenoxy) is 1. The van der Waals surface area contributed by atoms with Crippen LogP contribution in [0, 0.1) is 0 Å². The predicted octanol–water partition coefficient (Wildman–Crippen LogP) is -1.72. The minimum absolute atomic E-state index is 0.0153. The minimum Gasteiger partial charge on any atom is -0.453 e. The molecule has 0 aromatic heterocycles. The second-order valence-corrected chi connectivity index (χ2v) is 4.12. The van der Waals surface area contributed by atoms with Gasteiger partial charge >= 0.3 is 6.09 Å². The van der Waals surface area contributed by atoms with Gasteiger partial charge in [0.2, 0.25) is 11.8 Å². The maximum absolute atomic E-state index is 11.9. The predicted molar refractivity (Wildman–Crippen MR) is 67.5 cm³/mol. The highest BCUT2D eigenvalue weighted by Gasteiger charge is 2.29. The van der Waals surface area contributed by atoms with Crippen molar-refractivity contribution in [2.45, 2.75) is 13.0 Å². The number of piperazine rings is 1. The first-order valence-corrected chi connectivity index (χ1v) is 6.18. The normalized spacial score (nSPS) is 19.6. The maximum Gasteiger partial charge on any atom is 0.413 e. The molecule has 1 fully saturated rings. The van der Waals surface area contributed by atoms with Gasteiger partial charge in [0.25, 0.3) is 0 Å². The first-order chi connectivity index (χ1) is 9.08. The molecule has 0 aromatic carbocycles. The van der Waals surface area contributed by atoms with Crippen LogP contribution in [0.5, 0.6) is 0 Å². The molecule has 8 nitrogen and oxygen atoms in total. The number of hydrogen-bond donors (Lipinski definition) is 3. The van der Waals surface area contributed by atoms with Crippen molar-refractivity contribution >= 4 is 17.9 Å². The van der Waals surface area contributed by atoms with Gasteiger partial charge in [0.15, 0.2) is 0 Å². The molecule has 1 aliphatic rings. The number of rotatable bonds is 4. The van der Waals surface area contributed by atoms with Gasteiger partial charge in [-0.3, -0.25) is 19.8 Å². The van der Waals surface area contributed by atoms with Gasteiger partial charge in [-0.1, -0.05) is 0 Å². The lowest BCUT2D eigenvalue weighted by atomic mass is 10.1. The first kappa shape index (κ1) is 15.4. The number of imide groups is 1. The van der Waals surface area contributed by atoms with Crippen molar-refractivity contribution in [3.05, 3.63) is 0 Å². The average molecular weight is 272 g/mol. The number of carbonyl (C=O) groups excluding carboxylic acids is 3. The van der Waals surface area contributed by atoms with Crippen molar-refractivity contribution < 1.29 is 19.1 Å². The Labute approximate surface area is 111 Å². The molecular formula is C11H20N4O4. The fourth-order valence-corrected chi connectivity index (χ4v) is 1.88. The lowest BCUT2D eigenvalue weighted by Crippen LogP contribution is -2.59. The number of methoxy groups -OCH3 is 1. The highest BCUT2D eigenvalue weighted by Crippen LogP contribution is 2.03. The van der Waals surface area contributed by atoms with E-state index in [1.165, 1.54) is 7.11 Å². The van der Waals surface area contributed by atoms with E-state index >= 15 is 0 Å². The van der Waals surface area contributed by atoms with Crippen LogP contribution in [0.15, 0.2) is 0 Å². The van der Waals surface area contributed by atoms with Crippen LogP contribution in [-0.2, 0) is 14.3 Å². The molecule has 8 heteroatoms. The molecule has 0 saturated carbocycles. The molecule has 0 bridgehead atoms. The van der Waals surface area contributed by atoms with Crippen molar-refractivity contribution in [2.24, 2.45) is 0 Å². The van der Waals surface area contributed by atoms with E-state index in [-0.39, 0.29) is 12.5 Å². The van der Waals surface area contributed by atoms with Gasteiger partial charge < -0.3 is 15.4 Å². The van der Waals surface area contributed by atoms with Gasteiger partial charge in [0.05, 0.1) is 13.7 Å². The van der Waals surface area contributed by atoms with Gasteiger partial charge in [0.1, 0.15) is 6.04 Å². The molecule has 1 atom stereocenters. The van der Waals surface area contributed by atoms with Crippen molar-refractivity contribution in [3.63, 3.8) is 0 Å². The summed E-state index contributed by atoms with van der Waals surface area (Å²) in [6.07, 6.45) is -0.797. The standard InChI is InChI=1S/C11H20N4O4/c1-3-13-10(17)8-6-12-4-5-15(8)7-9(16)14-11(18)19-2/h8,12H,3-7H2,1-2H3,(H,13,17)(H,14,16,18). The molecule has 3 amide bonds. The summed E-state index contributed by atoms with van der Waals surface area (Å²) in [4.78, 5) is 36.1. The summed E-state index contributed by atoms with van der Waals surface area (Å²) in [6, 6.07) is -0.405. The summed E-state index contributed by atoms with van der Waals surface area (Å²) in [6.45, 7) is 4.10. The third-order valence-corrected chi connectivity index (χ3v) is 2.78. The molecule has 0 aliphatic carbocycles. The number of nitrogens with zero attached hydrogens (tertiary/aromatic N) is 1. The second kappa shape index (κ2) is 7.70. The number of carbonyl (C=O) groups is 3. The molecule has 1 unspecified atom stereocenters. The van der Waals surface area contributed by atoms with Crippen molar-refractivity contribution in [1.29, 1.82) is 0 Å². The molecule has 3 N–H and O–H groups in total. The topological polar surface area (TPSA) is 99.8 Å². The lowest BCUT2D eigenvalue weighted by Gasteiger charge is -2.34. The SMILES string of the molecule is CCNC(=O)C1CNCCN1CC(=O)NC(=O)OC. The van der Waals surface area contributed by atoms with Crippen LogP contribution in [0.1, 0.15) is 6.92 Å². The Morgan fingerprint density at radius 1 is 1.42 bits per heavy atom. The number of amides is 3. The zero-order chi connectivity index (χ0) is 14.3. The van der Waals surface area contributed by atoms with Gasteiger partial charge in [-0.2, -0.15) is 0 Å². The Bertz CT molecular complexity index is 348. The molecule has 1 heterocycles. The van der Waals surface area contributed by atoms with E-state index < -0.39 is 18.0 Å². The molecule has 108 valence electrons. The Morgan fingerprint density at radius 2 is 2.16 bits per heavy atom. The Kier molecular flexibility index (Phi) is 6.23. The van der Waals surface area contributed by atoms with E-state index in [0.29, 0.717) is 26.2 Å². The molecule has 1 saturated heterocycles. The van der Waals surface area contributed by atoms with Crippen LogP contribution >= 0.6 is 0 Å². The number of nitrogens with one attached hydrogen (secondary N) is 3. The van der Waals surface area contributed by atoms with Gasteiger partial charge in [-0.05, 0) is 6.92 Å². The van der Waals surface area contributed by atoms with Crippen LogP contribution in [0.25, 0.3) is 0 Å². The fraction of sp³-hybridized carbons (Fsp3) is 0.727. The Morgan fingerprint density at radius 3 is 2.79 bits per heavy atom. The van der Waals surface area contributed by atoms with E-state index in [1.807, 2.05) is 6.92 Å². The molecule has 19 heavy (non-hydrogen) atoms. The quantitative estimate of drug-likeness (QED) is 0.563. The maximum atomic E-state index is 11.9. The highest BCUT2D eigenvalue weighted by atomic mass is 16.5.